The molecule has 0 fully saturated rings. The molecule has 4 N–H and O–H groups in total. The van der Waals surface area contributed by atoms with Crippen LogP contribution in [0.5, 0.6) is 0 Å². The minimum Gasteiger partial charge on any atom is -0.396 e. The summed E-state index contributed by atoms with van der Waals surface area (Å²) in [6, 6.07) is 9.63. The van der Waals surface area contributed by atoms with Crippen LogP contribution in [0.3, 0.4) is 0 Å². The first-order valence-corrected chi connectivity index (χ1v) is 8.51. The lowest BCUT2D eigenvalue weighted by Gasteiger charge is -2.32. The van der Waals surface area contributed by atoms with E-state index < -0.39 is 5.54 Å². The van der Waals surface area contributed by atoms with Gasteiger partial charge in [0.2, 0.25) is 5.91 Å². The van der Waals surface area contributed by atoms with Crippen molar-refractivity contribution in [3.8, 4) is 0 Å². The van der Waals surface area contributed by atoms with E-state index in [1.54, 1.807) is 11.8 Å². The van der Waals surface area contributed by atoms with Crippen LogP contribution < -0.4 is 11.1 Å². The summed E-state index contributed by atoms with van der Waals surface area (Å²) in [4.78, 5) is 12.2. The van der Waals surface area contributed by atoms with Gasteiger partial charge in [0.25, 0.3) is 0 Å². The molecule has 1 amide bonds. The summed E-state index contributed by atoms with van der Waals surface area (Å²) < 4.78 is 0. The van der Waals surface area contributed by atoms with Gasteiger partial charge in [-0.3, -0.25) is 10.1 Å². The number of hydrogen-bond donors (Lipinski definition) is 3. The fraction of sp³-hybridized carbons (Fsp3) is 0.562. The quantitative estimate of drug-likeness (QED) is 0.615. The molecule has 0 aromatic heterocycles. The maximum atomic E-state index is 12.2. The molecular formula is C16H26N2O2S. The van der Waals surface area contributed by atoms with Crippen LogP contribution in [0.15, 0.2) is 30.3 Å². The van der Waals surface area contributed by atoms with E-state index in [1.165, 1.54) is 0 Å². The number of carbonyl (C=O) groups is 1. The minimum atomic E-state index is -0.850. The van der Waals surface area contributed by atoms with Gasteiger partial charge < -0.3 is 10.8 Å². The molecule has 0 aliphatic heterocycles. The van der Waals surface area contributed by atoms with Crippen LogP contribution in [0.2, 0.25) is 0 Å². The molecule has 1 aromatic carbocycles. The summed E-state index contributed by atoms with van der Waals surface area (Å²) in [6.07, 6.45) is 0.930. The van der Waals surface area contributed by atoms with Crippen LogP contribution in [0.4, 0.5) is 0 Å². The average Bonchev–Trinajstić information content (AvgIpc) is 2.51. The molecule has 0 radical (unpaired) electrons. The standard InChI is InChI=1S/C16H26N2O2S/c1-3-9-18-16(15(17)20,12-21-11-13(2)10-19)14-7-5-4-6-8-14/h4-8,13,18-19H,3,9-12H2,1-2H3,(H2,17,20). The van der Waals surface area contributed by atoms with Gasteiger partial charge in [-0.1, -0.05) is 44.2 Å². The van der Waals surface area contributed by atoms with Crippen LogP contribution in [0.25, 0.3) is 0 Å². The van der Waals surface area contributed by atoms with Gasteiger partial charge in [0.05, 0.1) is 0 Å². The van der Waals surface area contributed by atoms with Gasteiger partial charge in [0.1, 0.15) is 5.54 Å². The van der Waals surface area contributed by atoms with Gasteiger partial charge in [-0.15, -0.1) is 0 Å². The Morgan fingerprint density at radius 1 is 1.43 bits per heavy atom. The zero-order valence-electron chi connectivity index (χ0n) is 12.8. The van der Waals surface area contributed by atoms with Gasteiger partial charge in [0, 0.05) is 12.4 Å². The number of benzene rings is 1. The first-order valence-electron chi connectivity index (χ1n) is 7.36. The van der Waals surface area contributed by atoms with E-state index in [2.05, 4.69) is 12.2 Å². The summed E-state index contributed by atoms with van der Waals surface area (Å²) in [5.74, 6) is 1.22. The molecule has 5 heteroatoms. The van der Waals surface area contributed by atoms with Gasteiger partial charge in [0.15, 0.2) is 0 Å². The van der Waals surface area contributed by atoms with E-state index in [0.29, 0.717) is 5.75 Å². The predicted octanol–water partition coefficient (Wildman–Crippen LogP) is 1.73. The second-order valence-electron chi connectivity index (χ2n) is 5.37. The summed E-state index contributed by atoms with van der Waals surface area (Å²) in [6.45, 7) is 4.93. The molecule has 1 aromatic rings. The summed E-state index contributed by atoms with van der Waals surface area (Å²) in [7, 11) is 0. The van der Waals surface area contributed by atoms with E-state index in [0.717, 1.165) is 24.3 Å². The number of nitrogens with two attached hydrogens (primary N) is 1. The van der Waals surface area contributed by atoms with Crippen LogP contribution in [-0.4, -0.2) is 35.7 Å². The molecular weight excluding hydrogens is 284 g/mol. The average molecular weight is 310 g/mol. The number of amides is 1. The largest absolute Gasteiger partial charge is 0.396 e. The maximum Gasteiger partial charge on any atom is 0.243 e. The second kappa shape index (κ2) is 9.07. The van der Waals surface area contributed by atoms with Crippen molar-refractivity contribution in [3.63, 3.8) is 0 Å². The number of carbonyl (C=O) groups excluding carboxylic acids is 1. The van der Waals surface area contributed by atoms with E-state index in [4.69, 9.17) is 10.8 Å². The number of thioether (sulfide) groups is 1. The van der Waals surface area contributed by atoms with E-state index in [9.17, 15) is 4.79 Å². The molecule has 2 unspecified atom stereocenters. The molecule has 0 bridgehead atoms. The lowest BCUT2D eigenvalue weighted by atomic mass is 9.91. The fourth-order valence-electron chi connectivity index (χ4n) is 2.06. The van der Waals surface area contributed by atoms with Gasteiger partial charge >= 0.3 is 0 Å². The van der Waals surface area contributed by atoms with Crippen LogP contribution in [0, 0.1) is 5.92 Å². The Hall–Kier alpha value is -1.04. The monoisotopic (exact) mass is 310 g/mol. The molecule has 0 spiro atoms. The third-order valence-electron chi connectivity index (χ3n) is 3.40. The third kappa shape index (κ3) is 5.02. The molecule has 2 atom stereocenters. The number of aliphatic hydroxyl groups is 1. The minimum absolute atomic E-state index is 0.157. The SMILES string of the molecule is CCCNC(CSCC(C)CO)(C(N)=O)c1ccccc1. The van der Waals surface area contributed by atoms with Crippen molar-refractivity contribution < 1.29 is 9.90 Å². The lowest BCUT2D eigenvalue weighted by molar-refractivity contribution is -0.123. The molecule has 4 nitrogen and oxygen atoms in total. The number of primary amides is 1. The van der Waals surface area contributed by atoms with Crippen molar-refractivity contribution in [2.75, 3.05) is 24.7 Å². The number of rotatable bonds is 10. The van der Waals surface area contributed by atoms with Crippen LogP contribution >= 0.6 is 11.8 Å². The summed E-state index contributed by atoms with van der Waals surface area (Å²) in [5.41, 5.74) is 5.78. The highest BCUT2D eigenvalue weighted by atomic mass is 32.2. The van der Waals surface area contributed by atoms with Crippen molar-refractivity contribution in [2.45, 2.75) is 25.8 Å². The van der Waals surface area contributed by atoms with Crippen molar-refractivity contribution in [3.05, 3.63) is 35.9 Å². The van der Waals surface area contributed by atoms with Crippen LogP contribution in [-0.2, 0) is 10.3 Å². The van der Waals surface area contributed by atoms with Gasteiger partial charge in [-0.25, -0.2) is 0 Å². The smallest absolute Gasteiger partial charge is 0.243 e. The van der Waals surface area contributed by atoms with Crippen molar-refractivity contribution in [2.24, 2.45) is 11.7 Å². The van der Waals surface area contributed by atoms with Crippen molar-refractivity contribution >= 4 is 17.7 Å². The molecule has 0 saturated carbocycles. The third-order valence-corrected chi connectivity index (χ3v) is 4.84. The summed E-state index contributed by atoms with van der Waals surface area (Å²) in [5, 5.41) is 12.4. The molecule has 0 saturated heterocycles. The van der Waals surface area contributed by atoms with Crippen molar-refractivity contribution in [1.29, 1.82) is 0 Å². The molecule has 118 valence electrons. The topological polar surface area (TPSA) is 75.3 Å². The Balaban J connectivity index is 2.93. The van der Waals surface area contributed by atoms with E-state index in [1.807, 2.05) is 37.3 Å². The van der Waals surface area contributed by atoms with Crippen LogP contribution in [0.1, 0.15) is 25.8 Å². The zero-order valence-corrected chi connectivity index (χ0v) is 13.7. The first kappa shape index (κ1) is 18.0. The van der Waals surface area contributed by atoms with Gasteiger partial charge in [-0.2, -0.15) is 11.8 Å². The summed E-state index contributed by atoms with van der Waals surface area (Å²) >= 11 is 1.64. The fourth-order valence-corrected chi connectivity index (χ4v) is 3.41. The Morgan fingerprint density at radius 2 is 2.10 bits per heavy atom. The molecule has 1 rings (SSSR count). The molecule has 0 heterocycles. The number of nitrogens with one attached hydrogen (secondary N) is 1. The first-order chi connectivity index (χ1) is 10.1. The van der Waals surface area contributed by atoms with E-state index in [-0.39, 0.29) is 18.4 Å². The zero-order chi connectivity index (χ0) is 15.7. The second-order valence-corrected chi connectivity index (χ2v) is 6.40. The highest BCUT2D eigenvalue weighted by molar-refractivity contribution is 7.99. The Labute approximate surface area is 131 Å². The van der Waals surface area contributed by atoms with E-state index >= 15 is 0 Å². The maximum absolute atomic E-state index is 12.2. The highest BCUT2D eigenvalue weighted by Gasteiger charge is 2.37. The normalized spacial score (nSPS) is 15.4. The molecule has 0 aliphatic rings. The van der Waals surface area contributed by atoms with Crippen molar-refractivity contribution in [1.82, 2.24) is 5.32 Å². The number of hydrogen-bond acceptors (Lipinski definition) is 4. The molecule has 0 aliphatic carbocycles. The lowest BCUT2D eigenvalue weighted by Crippen LogP contribution is -2.55. The Bertz CT molecular complexity index is 428. The highest BCUT2D eigenvalue weighted by Crippen LogP contribution is 2.27. The van der Waals surface area contributed by atoms with Gasteiger partial charge in [-0.05, 0) is 30.2 Å². The predicted molar refractivity (Wildman–Crippen MR) is 89.2 cm³/mol. The Kier molecular flexibility index (Phi) is 7.78. The number of aliphatic hydroxyl groups excluding tert-OH is 1. The Morgan fingerprint density at radius 3 is 2.62 bits per heavy atom. The molecule has 21 heavy (non-hydrogen) atoms.